The van der Waals surface area contributed by atoms with E-state index in [0.717, 1.165) is 30.4 Å². The second-order valence-corrected chi connectivity index (χ2v) is 10.9. The van der Waals surface area contributed by atoms with Crippen molar-refractivity contribution in [1.29, 1.82) is 0 Å². The highest BCUT2D eigenvalue weighted by molar-refractivity contribution is 7.89. The number of piperidine rings is 1. The van der Waals surface area contributed by atoms with Gasteiger partial charge in [0.1, 0.15) is 5.82 Å². The van der Waals surface area contributed by atoms with Crippen LogP contribution in [0.25, 0.3) is 0 Å². The van der Waals surface area contributed by atoms with Crippen molar-refractivity contribution < 1.29 is 17.6 Å². The Labute approximate surface area is 188 Å². The molecule has 0 saturated carbocycles. The minimum atomic E-state index is -3.51. The van der Waals surface area contributed by atoms with Gasteiger partial charge >= 0.3 is 6.03 Å². The van der Waals surface area contributed by atoms with E-state index in [0.29, 0.717) is 50.5 Å². The van der Waals surface area contributed by atoms with Gasteiger partial charge in [-0.15, -0.1) is 0 Å². The van der Waals surface area contributed by atoms with Gasteiger partial charge in [-0.25, -0.2) is 17.6 Å². The van der Waals surface area contributed by atoms with Crippen LogP contribution in [0.3, 0.4) is 0 Å². The zero-order valence-electron chi connectivity index (χ0n) is 18.0. The van der Waals surface area contributed by atoms with Gasteiger partial charge in [-0.1, -0.05) is 18.2 Å². The van der Waals surface area contributed by atoms with Crippen LogP contribution >= 0.6 is 0 Å². The summed E-state index contributed by atoms with van der Waals surface area (Å²) in [5.41, 5.74) is 3.32. The molecule has 0 N–H and O–H groups in total. The van der Waals surface area contributed by atoms with Crippen molar-refractivity contribution in [3.63, 3.8) is 0 Å². The largest absolute Gasteiger partial charge is 0.320 e. The Balaban J connectivity index is 1.20. The topological polar surface area (TPSA) is 60.9 Å². The van der Waals surface area contributed by atoms with Gasteiger partial charge in [0.15, 0.2) is 0 Å². The summed E-state index contributed by atoms with van der Waals surface area (Å²) in [6.07, 6.45) is 4.35. The number of nitrogens with zero attached hydrogens (tertiary/aromatic N) is 3. The maximum absolute atomic E-state index is 13.2. The number of fused-ring (bicyclic) bond motifs is 1. The highest BCUT2D eigenvalue weighted by atomic mass is 32.2. The summed E-state index contributed by atoms with van der Waals surface area (Å²) in [4.78, 5) is 17.0. The Bertz CT molecular complexity index is 1110. The van der Waals surface area contributed by atoms with E-state index < -0.39 is 10.0 Å². The number of hydrogen-bond donors (Lipinski definition) is 0. The first-order chi connectivity index (χ1) is 15.4. The van der Waals surface area contributed by atoms with E-state index in [2.05, 4.69) is 0 Å². The Morgan fingerprint density at radius 2 is 1.62 bits per heavy atom. The second kappa shape index (κ2) is 8.48. The first-order valence-electron chi connectivity index (χ1n) is 11.3. The molecule has 2 fully saturated rings. The molecule has 170 valence electrons. The maximum atomic E-state index is 13.2. The molecule has 3 aliphatic rings. The minimum absolute atomic E-state index is 0.0192. The highest BCUT2D eigenvalue weighted by Crippen LogP contribution is 2.29. The molecule has 0 aromatic heterocycles. The quantitative estimate of drug-likeness (QED) is 0.691. The third kappa shape index (κ3) is 4.01. The van der Waals surface area contributed by atoms with Crippen molar-refractivity contribution in [3.05, 3.63) is 65.0 Å². The van der Waals surface area contributed by atoms with Crippen LogP contribution in [-0.2, 0) is 29.4 Å². The molecule has 0 radical (unpaired) electrons. The third-order valence-corrected chi connectivity index (χ3v) is 8.88. The number of urea groups is 1. The molecule has 1 aliphatic carbocycles. The first kappa shape index (κ1) is 21.4. The van der Waals surface area contributed by atoms with E-state index in [-0.39, 0.29) is 17.9 Å². The smallest absolute Gasteiger partial charge is 0.320 e. The average Bonchev–Trinajstić information content (AvgIpc) is 3.41. The third-order valence-electron chi connectivity index (χ3n) is 6.99. The van der Waals surface area contributed by atoms with Crippen LogP contribution in [0.4, 0.5) is 9.18 Å². The summed E-state index contributed by atoms with van der Waals surface area (Å²) in [5.74, 6) is -0.287. The number of benzene rings is 2. The van der Waals surface area contributed by atoms with Gasteiger partial charge in [0.05, 0.1) is 4.90 Å². The van der Waals surface area contributed by atoms with E-state index in [9.17, 15) is 17.6 Å². The lowest BCUT2D eigenvalue weighted by molar-refractivity contribution is 0.153. The molecule has 8 heteroatoms. The summed E-state index contributed by atoms with van der Waals surface area (Å²) in [6.45, 7) is 2.57. The zero-order chi connectivity index (χ0) is 22.3. The molecule has 6 nitrogen and oxygen atoms in total. The lowest BCUT2D eigenvalue weighted by atomic mass is 10.1. The number of carbonyl (C=O) groups excluding carboxylic acids is 1. The monoisotopic (exact) mass is 457 g/mol. The summed E-state index contributed by atoms with van der Waals surface area (Å²) >= 11 is 0. The van der Waals surface area contributed by atoms with Crippen molar-refractivity contribution in [2.45, 2.75) is 49.6 Å². The second-order valence-electron chi connectivity index (χ2n) is 8.94. The van der Waals surface area contributed by atoms with Crippen LogP contribution in [0.15, 0.2) is 47.4 Å². The van der Waals surface area contributed by atoms with Crippen LogP contribution in [0.1, 0.15) is 36.0 Å². The van der Waals surface area contributed by atoms with E-state index in [1.165, 1.54) is 17.7 Å². The molecule has 2 aliphatic heterocycles. The predicted octanol–water partition coefficient (Wildman–Crippen LogP) is 3.41. The van der Waals surface area contributed by atoms with E-state index in [1.54, 1.807) is 27.4 Å². The summed E-state index contributed by atoms with van der Waals surface area (Å²) in [6, 6.07) is 11.8. The molecule has 0 atom stereocenters. The van der Waals surface area contributed by atoms with E-state index in [1.807, 2.05) is 17.0 Å². The number of sulfonamides is 1. The Morgan fingerprint density at radius 1 is 0.906 bits per heavy atom. The van der Waals surface area contributed by atoms with E-state index in [4.69, 9.17) is 0 Å². The lowest BCUT2D eigenvalue weighted by Crippen LogP contribution is -2.47. The number of aryl methyl sites for hydroxylation is 2. The maximum Gasteiger partial charge on any atom is 0.320 e. The Morgan fingerprint density at radius 3 is 2.38 bits per heavy atom. The molecule has 5 rings (SSSR count). The number of hydrogen-bond acceptors (Lipinski definition) is 3. The molecule has 2 amide bonds. The predicted molar refractivity (Wildman–Crippen MR) is 119 cm³/mol. The van der Waals surface area contributed by atoms with Crippen LogP contribution in [0, 0.1) is 5.82 Å². The summed E-state index contributed by atoms with van der Waals surface area (Å²) < 4.78 is 41.0. The molecule has 0 bridgehead atoms. The van der Waals surface area contributed by atoms with Gasteiger partial charge in [-0.05, 0) is 73.1 Å². The first-order valence-corrected chi connectivity index (χ1v) is 12.8. The fourth-order valence-corrected chi connectivity index (χ4v) is 6.67. The zero-order valence-corrected chi connectivity index (χ0v) is 18.9. The molecule has 2 saturated heterocycles. The van der Waals surface area contributed by atoms with Crippen molar-refractivity contribution in [3.8, 4) is 0 Å². The molecular formula is C24H28FN3O3S. The number of carbonyl (C=O) groups is 1. The normalized spacial score (nSPS) is 20.2. The SMILES string of the molecule is O=C1N(Cc2ccc(F)cc2)CCN1C1CCN(S(=O)(=O)c2ccc3c(c2)CCC3)CC1. The van der Waals surface area contributed by atoms with Gasteiger partial charge in [0, 0.05) is 38.8 Å². The van der Waals surface area contributed by atoms with Crippen molar-refractivity contribution in [2.24, 2.45) is 0 Å². The number of halogens is 1. The van der Waals surface area contributed by atoms with Crippen LogP contribution < -0.4 is 0 Å². The fraction of sp³-hybridized carbons (Fsp3) is 0.458. The van der Waals surface area contributed by atoms with Gasteiger partial charge in [0.25, 0.3) is 0 Å². The van der Waals surface area contributed by atoms with Crippen molar-refractivity contribution >= 4 is 16.1 Å². The molecule has 0 unspecified atom stereocenters. The summed E-state index contributed by atoms with van der Waals surface area (Å²) in [5, 5.41) is 0. The molecule has 2 aromatic rings. The van der Waals surface area contributed by atoms with Gasteiger partial charge in [-0.3, -0.25) is 0 Å². The molecular weight excluding hydrogens is 429 g/mol. The average molecular weight is 458 g/mol. The van der Waals surface area contributed by atoms with Crippen LogP contribution in [0.2, 0.25) is 0 Å². The standard InChI is InChI=1S/C24H28FN3O3S/c25-21-7-4-18(5-8-21)17-26-14-15-28(24(26)29)22-10-12-27(13-11-22)32(30,31)23-9-6-19-2-1-3-20(19)16-23/h4-9,16,22H,1-3,10-15,17H2. The Hall–Kier alpha value is -2.45. The minimum Gasteiger partial charge on any atom is -0.320 e. The summed E-state index contributed by atoms with van der Waals surface area (Å²) in [7, 11) is -3.51. The van der Waals surface area contributed by atoms with E-state index >= 15 is 0 Å². The van der Waals surface area contributed by atoms with Crippen LogP contribution in [-0.4, -0.2) is 60.8 Å². The van der Waals surface area contributed by atoms with Gasteiger partial charge in [-0.2, -0.15) is 4.31 Å². The molecule has 2 heterocycles. The fourth-order valence-electron chi connectivity index (χ4n) is 5.15. The van der Waals surface area contributed by atoms with Crippen LogP contribution in [0.5, 0.6) is 0 Å². The lowest BCUT2D eigenvalue weighted by Gasteiger charge is -2.36. The van der Waals surface area contributed by atoms with Gasteiger partial charge in [0.2, 0.25) is 10.0 Å². The van der Waals surface area contributed by atoms with Crippen molar-refractivity contribution in [1.82, 2.24) is 14.1 Å². The molecule has 0 spiro atoms. The molecule has 32 heavy (non-hydrogen) atoms. The van der Waals surface area contributed by atoms with Gasteiger partial charge < -0.3 is 9.80 Å². The van der Waals surface area contributed by atoms with Crippen molar-refractivity contribution in [2.75, 3.05) is 26.2 Å². The highest BCUT2D eigenvalue weighted by Gasteiger charge is 2.37. The molecule has 2 aromatic carbocycles. The number of rotatable bonds is 5. The Kier molecular flexibility index (Phi) is 5.67. The number of amides is 2.